The highest BCUT2D eigenvalue weighted by atomic mass is 16.5. The summed E-state index contributed by atoms with van der Waals surface area (Å²) in [5, 5.41) is 0. The van der Waals surface area contributed by atoms with Crippen molar-refractivity contribution in [1.29, 1.82) is 0 Å². The summed E-state index contributed by atoms with van der Waals surface area (Å²) in [6, 6.07) is 9.06. The maximum Gasteiger partial charge on any atom is 0.186 e. The third-order valence-electron chi connectivity index (χ3n) is 7.46. The Hall–Kier alpha value is -3.51. The Bertz CT molecular complexity index is 1240. The first-order valence-corrected chi connectivity index (χ1v) is 14.9. The van der Waals surface area contributed by atoms with Gasteiger partial charge in [-0.15, -0.1) is 0 Å². The minimum atomic E-state index is -0.250. The second-order valence-electron chi connectivity index (χ2n) is 10.5. The maximum atomic E-state index is 12.9. The molecule has 41 heavy (non-hydrogen) atoms. The fourth-order valence-electron chi connectivity index (χ4n) is 5.14. The van der Waals surface area contributed by atoms with Gasteiger partial charge in [-0.1, -0.05) is 83.3 Å². The van der Waals surface area contributed by atoms with E-state index in [0.717, 1.165) is 18.4 Å². The fraction of sp³-hybridized carbons (Fsp3) is 0.457. The van der Waals surface area contributed by atoms with Gasteiger partial charge in [-0.05, 0) is 59.5 Å². The number of carbonyl (C=O) groups is 3. The molecule has 2 aromatic carbocycles. The highest BCUT2D eigenvalue weighted by Gasteiger charge is 2.22. The molecule has 1 aliphatic rings. The van der Waals surface area contributed by atoms with E-state index in [0.29, 0.717) is 58.8 Å². The van der Waals surface area contributed by atoms with E-state index in [1.54, 1.807) is 12.1 Å². The monoisotopic (exact) mass is 560 g/mol. The van der Waals surface area contributed by atoms with E-state index in [2.05, 4.69) is 6.92 Å². The average molecular weight is 561 g/mol. The van der Waals surface area contributed by atoms with Gasteiger partial charge in [-0.25, -0.2) is 0 Å². The molecule has 0 aromatic heterocycles. The van der Waals surface area contributed by atoms with Crippen molar-refractivity contribution in [1.82, 2.24) is 0 Å². The van der Waals surface area contributed by atoms with Crippen molar-refractivity contribution < 1.29 is 28.6 Å². The van der Waals surface area contributed by atoms with Crippen LogP contribution >= 0.6 is 0 Å². The number of ketones is 2. The lowest BCUT2D eigenvalue weighted by molar-refractivity contribution is -0.113. The molecule has 0 amide bonds. The Morgan fingerprint density at radius 1 is 0.707 bits per heavy atom. The average Bonchev–Trinajstić information content (AvgIpc) is 2.99. The van der Waals surface area contributed by atoms with Gasteiger partial charge in [0.05, 0.1) is 26.4 Å². The summed E-state index contributed by atoms with van der Waals surface area (Å²) >= 11 is 0. The first-order chi connectivity index (χ1) is 20.0. The topological polar surface area (TPSA) is 78.9 Å². The molecule has 6 heteroatoms. The van der Waals surface area contributed by atoms with Gasteiger partial charge in [0.25, 0.3) is 0 Å². The molecule has 0 N–H and O–H groups in total. The first kappa shape index (κ1) is 32.0. The third-order valence-corrected chi connectivity index (χ3v) is 7.46. The minimum absolute atomic E-state index is 0.246. The molecule has 0 heterocycles. The molecule has 220 valence electrons. The highest BCUT2D eigenvalue weighted by Crippen LogP contribution is 2.40. The lowest BCUT2D eigenvalue weighted by Crippen LogP contribution is -2.09. The molecule has 0 bridgehead atoms. The van der Waals surface area contributed by atoms with Crippen LogP contribution in [0.1, 0.15) is 99.0 Å². The Morgan fingerprint density at radius 3 is 2.00 bits per heavy atom. The summed E-state index contributed by atoms with van der Waals surface area (Å²) in [7, 11) is 3.01. The first-order valence-electron chi connectivity index (χ1n) is 14.9. The molecule has 3 rings (SSSR count). The van der Waals surface area contributed by atoms with Gasteiger partial charge in [0.15, 0.2) is 17.9 Å². The van der Waals surface area contributed by atoms with Gasteiger partial charge >= 0.3 is 0 Å². The molecule has 0 saturated carbocycles. The van der Waals surface area contributed by atoms with Crippen LogP contribution in [0, 0.1) is 0 Å². The predicted octanol–water partition coefficient (Wildman–Crippen LogP) is 8.10. The van der Waals surface area contributed by atoms with Crippen LogP contribution < -0.4 is 9.47 Å². The number of methoxy groups -OCH3 is 2. The molecule has 2 aromatic rings. The Kier molecular flexibility index (Phi) is 13.5. The van der Waals surface area contributed by atoms with E-state index in [9.17, 15) is 14.4 Å². The molecule has 6 nitrogen and oxygen atoms in total. The third kappa shape index (κ3) is 9.53. The van der Waals surface area contributed by atoms with Crippen LogP contribution in [-0.4, -0.2) is 38.7 Å². The lowest BCUT2D eigenvalue weighted by atomic mass is 9.88. The number of aldehydes is 1. The molecule has 0 atom stereocenters. The number of rotatable bonds is 19. The number of unbranched alkanes of at least 4 members (excludes halogenated alkanes) is 10. The van der Waals surface area contributed by atoms with Gasteiger partial charge in [-0.3, -0.25) is 14.4 Å². The van der Waals surface area contributed by atoms with Crippen molar-refractivity contribution in [2.45, 2.75) is 84.2 Å². The lowest BCUT2D eigenvalue weighted by Gasteiger charge is -2.18. The van der Waals surface area contributed by atoms with Crippen LogP contribution in [0.25, 0.3) is 16.7 Å². The molecule has 0 unspecified atom stereocenters. The number of hydrogen-bond acceptors (Lipinski definition) is 6. The largest absolute Gasteiger partial charge is 0.496 e. The van der Waals surface area contributed by atoms with E-state index >= 15 is 0 Å². The Labute approximate surface area is 244 Å². The molecular formula is C35H44O6. The van der Waals surface area contributed by atoms with Crippen LogP contribution in [0.5, 0.6) is 11.5 Å². The van der Waals surface area contributed by atoms with E-state index in [-0.39, 0.29) is 11.6 Å². The van der Waals surface area contributed by atoms with Gasteiger partial charge in [-0.2, -0.15) is 0 Å². The maximum absolute atomic E-state index is 12.9. The van der Waals surface area contributed by atoms with Crippen LogP contribution in [0.15, 0.2) is 48.6 Å². The summed E-state index contributed by atoms with van der Waals surface area (Å²) in [6.07, 6.45) is 18.8. The van der Waals surface area contributed by atoms with Crippen LogP contribution in [0.4, 0.5) is 0 Å². The number of carbonyl (C=O) groups excluding carboxylic acids is 3. The second-order valence-corrected chi connectivity index (χ2v) is 10.5. The van der Waals surface area contributed by atoms with Crippen LogP contribution in [0.2, 0.25) is 0 Å². The normalized spacial score (nSPS) is 12.9. The molecule has 0 radical (unpaired) electrons. The van der Waals surface area contributed by atoms with Gasteiger partial charge in [0.2, 0.25) is 0 Å². The van der Waals surface area contributed by atoms with Gasteiger partial charge < -0.3 is 14.2 Å². The van der Waals surface area contributed by atoms with E-state index in [1.807, 2.05) is 18.2 Å². The number of hydrogen-bond donors (Lipinski definition) is 0. The van der Waals surface area contributed by atoms with Crippen molar-refractivity contribution in [2.24, 2.45) is 0 Å². The van der Waals surface area contributed by atoms with Gasteiger partial charge in [0, 0.05) is 17.7 Å². The standard InChI is InChI=1S/C35H44O6/c1-4-5-6-7-8-9-10-11-12-13-14-19-41-25-26-15-17-29(30(20-26)31-22-28(37)16-18-33(31)38)32-23-34(39-2)27(24-36)21-35(32)40-3/h15-18,20-24H,4-14,19,25H2,1-3H3. The van der Waals surface area contributed by atoms with Crippen LogP contribution in [0.3, 0.4) is 0 Å². The molecule has 0 aliphatic heterocycles. The summed E-state index contributed by atoms with van der Waals surface area (Å²) < 4.78 is 17.0. The summed E-state index contributed by atoms with van der Waals surface area (Å²) in [5.74, 6) is 0.353. The van der Waals surface area contributed by atoms with Gasteiger partial charge in [0.1, 0.15) is 11.5 Å². The van der Waals surface area contributed by atoms with E-state index in [4.69, 9.17) is 14.2 Å². The van der Waals surface area contributed by atoms with Crippen molar-refractivity contribution in [3.05, 3.63) is 65.3 Å². The SMILES string of the molecule is CCCCCCCCCCCCCOCc1ccc(-c2cc(OC)c(C=O)cc2OC)c(C2=CC(=O)C=CC2=O)c1. The van der Waals surface area contributed by atoms with Crippen molar-refractivity contribution in [3.63, 3.8) is 0 Å². The quantitative estimate of drug-likeness (QED) is 0.0981. The van der Waals surface area contributed by atoms with Crippen LogP contribution in [-0.2, 0) is 20.9 Å². The summed E-state index contributed by atoms with van der Waals surface area (Å²) in [5.41, 5.74) is 3.50. The van der Waals surface area contributed by atoms with Crippen molar-refractivity contribution in [2.75, 3.05) is 20.8 Å². The smallest absolute Gasteiger partial charge is 0.186 e. The highest BCUT2D eigenvalue weighted by molar-refractivity contribution is 6.34. The van der Waals surface area contributed by atoms with Crippen molar-refractivity contribution in [3.8, 4) is 22.6 Å². The Morgan fingerprint density at radius 2 is 1.37 bits per heavy atom. The molecule has 1 aliphatic carbocycles. The minimum Gasteiger partial charge on any atom is -0.496 e. The van der Waals surface area contributed by atoms with E-state index < -0.39 is 0 Å². The number of ether oxygens (including phenoxy) is 3. The molecule has 0 saturated heterocycles. The van der Waals surface area contributed by atoms with E-state index in [1.165, 1.54) is 90.2 Å². The summed E-state index contributed by atoms with van der Waals surface area (Å²) in [4.78, 5) is 36.6. The Balaban J connectivity index is 1.66. The zero-order valence-corrected chi connectivity index (χ0v) is 24.8. The number of benzene rings is 2. The molecule has 0 fully saturated rings. The predicted molar refractivity (Wildman–Crippen MR) is 164 cm³/mol. The summed E-state index contributed by atoms with van der Waals surface area (Å²) in [6.45, 7) is 3.33. The van der Waals surface area contributed by atoms with Crippen molar-refractivity contribution >= 4 is 23.4 Å². The zero-order valence-electron chi connectivity index (χ0n) is 24.8. The second kappa shape index (κ2) is 17.3. The number of allylic oxidation sites excluding steroid dienone is 4. The molecule has 0 spiro atoms. The zero-order chi connectivity index (χ0) is 29.5. The fourth-order valence-corrected chi connectivity index (χ4v) is 5.14. The molecular weight excluding hydrogens is 516 g/mol.